The van der Waals surface area contributed by atoms with Crippen molar-refractivity contribution in [2.45, 2.75) is 6.04 Å². The fourth-order valence-corrected chi connectivity index (χ4v) is 2.21. The molecule has 1 aromatic carbocycles. The van der Waals surface area contributed by atoms with Crippen LogP contribution in [0.5, 0.6) is 0 Å². The van der Waals surface area contributed by atoms with Gasteiger partial charge in [-0.05, 0) is 31.3 Å². The molecule has 2 rings (SSSR count). The van der Waals surface area contributed by atoms with E-state index in [1.807, 2.05) is 0 Å². The monoisotopic (exact) mass is 297 g/mol. The van der Waals surface area contributed by atoms with Crippen molar-refractivity contribution in [3.8, 4) is 0 Å². The van der Waals surface area contributed by atoms with Gasteiger partial charge in [0, 0.05) is 10.6 Å². The zero-order valence-electron chi connectivity index (χ0n) is 10.9. The van der Waals surface area contributed by atoms with Crippen molar-refractivity contribution in [1.29, 1.82) is 0 Å². The molecule has 1 unspecified atom stereocenters. The van der Waals surface area contributed by atoms with E-state index < -0.39 is 17.8 Å². The minimum absolute atomic E-state index is 0.0511. The van der Waals surface area contributed by atoms with E-state index in [1.165, 1.54) is 25.3 Å². The molecule has 2 aromatic rings. The van der Waals surface area contributed by atoms with Crippen LogP contribution in [0.1, 0.15) is 27.9 Å². The third kappa shape index (κ3) is 2.69. The van der Waals surface area contributed by atoms with Gasteiger partial charge in [-0.25, -0.2) is 9.18 Å². The largest absolute Gasteiger partial charge is 0.463 e. The van der Waals surface area contributed by atoms with Gasteiger partial charge in [0.2, 0.25) is 5.76 Å². The topological polar surface area (TPSA) is 51.5 Å². The normalized spacial score (nSPS) is 12.2. The Morgan fingerprint density at radius 2 is 2.15 bits per heavy atom. The van der Waals surface area contributed by atoms with E-state index in [0.29, 0.717) is 5.76 Å². The minimum atomic E-state index is -0.595. The fraction of sp³-hybridized carbons (Fsp3) is 0.214. The van der Waals surface area contributed by atoms with E-state index >= 15 is 0 Å². The molecule has 1 heterocycles. The van der Waals surface area contributed by atoms with Crippen molar-refractivity contribution < 1.29 is 18.3 Å². The first-order chi connectivity index (χ1) is 9.58. The average Bonchev–Trinajstić information content (AvgIpc) is 2.91. The second-order valence-corrected chi connectivity index (χ2v) is 4.46. The molecule has 1 N–H and O–H groups in total. The standard InChI is InChI=1S/C14H13ClFNO3/c1-17-13(12-8(15)4-3-5-9(12)16)10-6-7-11(20-10)14(18)19-2/h3-7,13,17H,1-2H3. The number of halogens is 2. The highest BCUT2D eigenvalue weighted by molar-refractivity contribution is 6.31. The highest BCUT2D eigenvalue weighted by Gasteiger charge is 2.23. The first-order valence-corrected chi connectivity index (χ1v) is 6.25. The lowest BCUT2D eigenvalue weighted by Crippen LogP contribution is -2.19. The van der Waals surface area contributed by atoms with Gasteiger partial charge in [-0.15, -0.1) is 0 Å². The third-order valence-corrected chi connectivity index (χ3v) is 3.20. The zero-order chi connectivity index (χ0) is 14.7. The number of methoxy groups -OCH3 is 1. The summed E-state index contributed by atoms with van der Waals surface area (Å²) in [5.74, 6) is -0.617. The van der Waals surface area contributed by atoms with Gasteiger partial charge in [-0.3, -0.25) is 0 Å². The molecular formula is C14H13ClFNO3. The Kier molecular flexibility index (Phi) is 4.42. The number of rotatable bonds is 4. The van der Waals surface area contributed by atoms with E-state index in [1.54, 1.807) is 19.2 Å². The molecule has 0 saturated heterocycles. The van der Waals surface area contributed by atoms with Crippen LogP contribution in [0.15, 0.2) is 34.7 Å². The Labute approximate surface area is 120 Å². The van der Waals surface area contributed by atoms with Crippen LogP contribution >= 0.6 is 11.6 Å². The fourth-order valence-electron chi connectivity index (χ4n) is 1.93. The Morgan fingerprint density at radius 1 is 1.40 bits per heavy atom. The van der Waals surface area contributed by atoms with Crippen molar-refractivity contribution in [3.63, 3.8) is 0 Å². The highest BCUT2D eigenvalue weighted by Crippen LogP contribution is 2.31. The summed E-state index contributed by atoms with van der Waals surface area (Å²) in [6.07, 6.45) is 0. The minimum Gasteiger partial charge on any atom is -0.463 e. The molecule has 0 aliphatic carbocycles. The van der Waals surface area contributed by atoms with E-state index in [2.05, 4.69) is 10.1 Å². The summed E-state index contributed by atoms with van der Waals surface area (Å²) >= 11 is 6.04. The number of benzene rings is 1. The van der Waals surface area contributed by atoms with Gasteiger partial charge < -0.3 is 14.5 Å². The van der Waals surface area contributed by atoms with E-state index in [4.69, 9.17) is 16.0 Å². The van der Waals surface area contributed by atoms with Crippen LogP contribution in [0, 0.1) is 5.82 Å². The maximum absolute atomic E-state index is 13.9. The summed E-state index contributed by atoms with van der Waals surface area (Å²) in [7, 11) is 2.90. The first-order valence-electron chi connectivity index (χ1n) is 5.87. The second-order valence-electron chi connectivity index (χ2n) is 4.05. The molecule has 106 valence electrons. The second kappa shape index (κ2) is 6.07. The lowest BCUT2D eigenvalue weighted by atomic mass is 10.0. The average molecular weight is 298 g/mol. The summed E-state index contributed by atoms with van der Waals surface area (Å²) in [4.78, 5) is 11.4. The molecule has 0 amide bonds. The van der Waals surface area contributed by atoms with Crippen LogP contribution in [0.3, 0.4) is 0 Å². The number of ether oxygens (including phenoxy) is 1. The quantitative estimate of drug-likeness (QED) is 0.881. The molecule has 0 saturated carbocycles. The Morgan fingerprint density at radius 3 is 2.75 bits per heavy atom. The molecule has 0 radical (unpaired) electrons. The summed E-state index contributed by atoms with van der Waals surface area (Å²) in [6.45, 7) is 0. The lowest BCUT2D eigenvalue weighted by molar-refractivity contribution is 0.0562. The van der Waals surface area contributed by atoms with Crippen molar-refractivity contribution >= 4 is 17.6 Å². The lowest BCUT2D eigenvalue weighted by Gasteiger charge is -2.16. The van der Waals surface area contributed by atoms with Crippen LogP contribution < -0.4 is 5.32 Å². The van der Waals surface area contributed by atoms with Crippen LogP contribution in [0.4, 0.5) is 4.39 Å². The van der Waals surface area contributed by atoms with Gasteiger partial charge in [0.25, 0.3) is 0 Å². The van der Waals surface area contributed by atoms with Gasteiger partial charge in [-0.1, -0.05) is 17.7 Å². The summed E-state index contributed by atoms with van der Waals surface area (Å²) < 4.78 is 23.9. The molecule has 0 aliphatic heterocycles. The maximum Gasteiger partial charge on any atom is 0.373 e. The Hall–Kier alpha value is -1.85. The van der Waals surface area contributed by atoms with Crippen molar-refractivity contribution in [3.05, 3.63) is 58.3 Å². The maximum atomic E-state index is 13.9. The number of carbonyl (C=O) groups is 1. The Balaban J connectivity index is 2.42. The summed E-state index contributed by atoms with van der Waals surface area (Å²) in [5.41, 5.74) is 0.266. The third-order valence-electron chi connectivity index (χ3n) is 2.87. The number of esters is 1. The van der Waals surface area contributed by atoms with Crippen molar-refractivity contribution in [2.24, 2.45) is 0 Å². The number of furan rings is 1. The number of carbonyl (C=O) groups excluding carboxylic acids is 1. The molecule has 0 fully saturated rings. The number of hydrogen-bond donors (Lipinski definition) is 1. The van der Waals surface area contributed by atoms with E-state index in [-0.39, 0.29) is 16.3 Å². The van der Waals surface area contributed by atoms with Crippen LogP contribution in [-0.4, -0.2) is 20.1 Å². The molecule has 20 heavy (non-hydrogen) atoms. The summed E-state index contributed by atoms with van der Waals surface area (Å²) in [5, 5.41) is 3.19. The van der Waals surface area contributed by atoms with Gasteiger partial charge in [0.05, 0.1) is 13.2 Å². The predicted molar refractivity (Wildman–Crippen MR) is 72.4 cm³/mol. The molecule has 0 aliphatic rings. The Bertz CT molecular complexity index is 606. The van der Waals surface area contributed by atoms with Crippen molar-refractivity contribution in [1.82, 2.24) is 5.32 Å². The van der Waals surface area contributed by atoms with Crippen molar-refractivity contribution in [2.75, 3.05) is 14.2 Å². The molecule has 1 aromatic heterocycles. The molecule has 6 heteroatoms. The van der Waals surface area contributed by atoms with Crippen LogP contribution in [-0.2, 0) is 4.74 Å². The van der Waals surface area contributed by atoms with Crippen LogP contribution in [0.25, 0.3) is 0 Å². The van der Waals surface area contributed by atoms with Gasteiger partial charge >= 0.3 is 5.97 Å². The van der Waals surface area contributed by atoms with Gasteiger partial charge in [0.1, 0.15) is 11.6 Å². The summed E-state index contributed by atoms with van der Waals surface area (Å²) in [6, 6.07) is 6.89. The molecule has 1 atom stereocenters. The van der Waals surface area contributed by atoms with E-state index in [0.717, 1.165) is 0 Å². The smallest absolute Gasteiger partial charge is 0.373 e. The SMILES string of the molecule is CNC(c1ccc(C(=O)OC)o1)c1c(F)cccc1Cl. The van der Waals surface area contributed by atoms with Gasteiger partial charge in [-0.2, -0.15) is 0 Å². The highest BCUT2D eigenvalue weighted by atomic mass is 35.5. The van der Waals surface area contributed by atoms with Gasteiger partial charge in [0.15, 0.2) is 0 Å². The molecule has 0 bridgehead atoms. The van der Waals surface area contributed by atoms with E-state index in [9.17, 15) is 9.18 Å². The zero-order valence-corrected chi connectivity index (χ0v) is 11.7. The predicted octanol–water partition coefficient (Wildman–Crippen LogP) is 3.17. The first kappa shape index (κ1) is 14.6. The number of nitrogens with one attached hydrogen (secondary N) is 1. The molecule has 4 nitrogen and oxygen atoms in total. The molecular weight excluding hydrogens is 285 g/mol. The van der Waals surface area contributed by atoms with Crippen LogP contribution in [0.2, 0.25) is 5.02 Å². The number of hydrogen-bond acceptors (Lipinski definition) is 4. The molecule has 0 spiro atoms.